The molecule has 0 radical (unpaired) electrons. The first-order valence-corrected chi connectivity index (χ1v) is 9.57. The predicted molar refractivity (Wildman–Crippen MR) is 92.6 cm³/mol. The Morgan fingerprint density at radius 1 is 1.24 bits per heavy atom. The third-order valence-electron chi connectivity index (χ3n) is 5.34. The maximum absolute atomic E-state index is 11.2. The van der Waals surface area contributed by atoms with Crippen molar-refractivity contribution in [1.82, 2.24) is 0 Å². The van der Waals surface area contributed by atoms with Crippen molar-refractivity contribution in [2.75, 3.05) is 7.11 Å². The summed E-state index contributed by atoms with van der Waals surface area (Å²) in [6.45, 7) is 2.15. The molecule has 0 aromatic carbocycles. The average molecular weight is 356 g/mol. The lowest BCUT2D eigenvalue weighted by Crippen LogP contribution is -2.29. The number of hydrogen-bond acceptors (Lipinski definition) is 6. The second-order valence-corrected chi connectivity index (χ2v) is 7.09. The van der Waals surface area contributed by atoms with E-state index < -0.39 is 0 Å². The zero-order valence-corrected chi connectivity index (χ0v) is 15.4. The molecule has 1 saturated carbocycles. The van der Waals surface area contributed by atoms with E-state index in [1.165, 1.54) is 7.11 Å². The number of carbonyl (C=O) groups excluding carboxylic acids is 1. The largest absolute Gasteiger partial charge is 0.469 e. The minimum absolute atomic E-state index is 0.0850. The summed E-state index contributed by atoms with van der Waals surface area (Å²) in [5.74, 6) is 0.516. The molecule has 6 nitrogen and oxygen atoms in total. The molecule has 6 heteroatoms. The van der Waals surface area contributed by atoms with Gasteiger partial charge in [0.05, 0.1) is 13.2 Å². The van der Waals surface area contributed by atoms with Crippen molar-refractivity contribution in [3.8, 4) is 0 Å². The molecule has 1 aliphatic carbocycles. The van der Waals surface area contributed by atoms with Crippen molar-refractivity contribution < 1.29 is 29.5 Å². The van der Waals surface area contributed by atoms with Gasteiger partial charge in [0.1, 0.15) is 12.2 Å². The Kier molecular flexibility index (Phi) is 8.89. The van der Waals surface area contributed by atoms with Crippen LogP contribution in [0.2, 0.25) is 0 Å². The molecule has 0 spiro atoms. The van der Waals surface area contributed by atoms with Crippen LogP contribution in [0.25, 0.3) is 0 Å². The Labute approximate surface area is 150 Å². The van der Waals surface area contributed by atoms with Crippen molar-refractivity contribution >= 4 is 5.97 Å². The fourth-order valence-corrected chi connectivity index (χ4v) is 3.87. The molecule has 1 aliphatic heterocycles. The first-order valence-electron chi connectivity index (χ1n) is 9.57. The van der Waals surface area contributed by atoms with Crippen LogP contribution in [0.1, 0.15) is 64.7 Å². The fraction of sp³-hybridized carbons (Fsp3) is 0.842. The van der Waals surface area contributed by atoms with Crippen molar-refractivity contribution in [2.24, 2.45) is 11.8 Å². The SMILES string of the molecule is CCCCC[C@H](/C=C/[C@@H]1[C@H](CCCCC(=O)OC)[C@@H]2C[C@H]1OO2)OO. The van der Waals surface area contributed by atoms with Crippen molar-refractivity contribution in [3.05, 3.63) is 12.2 Å². The molecule has 144 valence electrons. The quantitative estimate of drug-likeness (QED) is 0.187. The van der Waals surface area contributed by atoms with E-state index in [1.54, 1.807) is 0 Å². The predicted octanol–water partition coefficient (Wildman–Crippen LogP) is 4.05. The Morgan fingerprint density at radius 3 is 2.76 bits per heavy atom. The minimum Gasteiger partial charge on any atom is -0.469 e. The van der Waals surface area contributed by atoms with E-state index >= 15 is 0 Å². The van der Waals surface area contributed by atoms with Crippen LogP contribution in [0.15, 0.2) is 12.2 Å². The van der Waals surface area contributed by atoms with E-state index in [1.807, 2.05) is 6.08 Å². The number of methoxy groups -OCH3 is 1. The maximum Gasteiger partial charge on any atom is 0.305 e. The number of carbonyl (C=O) groups is 1. The van der Waals surface area contributed by atoms with Crippen LogP contribution in [0.3, 0.4) is 0 Å². The highest BCUT2D eigenvalue weighted by Crippen LogP contribution is 2.45. The van der Waals surface area contributed by atoms with Gasteiger partial charge < -0.3 is 4.74 Å². The van der Waals surface area contributed by atoms with E-state index in [-0.39, 0.29) is 30.2 Å². The lowest BCUT2D eigenvalue weighted by Gasteiger charge is -2.28. The zero-order valence-electron chi connectivity index (χ0n) is 15.4. The molecule has 2 bridgehead atoms. The van der Waals surface area contributed by atoms with E-state index in [2.05, 4.69) is 22.6 Å². The van der Waals surface area contributed by atoms with Crippen LogP contribution in [-0.4, -0.2) is 36.6 Å². The van der Waals surface area contributed by atoms with Crippen LogP contribution in [0.4, 0.5) is 0 Å². The van der Waals surface area contributed by atoms with E-state index in [0.29, 0.717) is 12.3 Å². The Morgan fingerprint density at radius 2 is 2.04 bits per heavy atom. The number of esters is 1. The molecular formula is C19H32O6. The summed E-state index contributed by atoms with van der Waals surface area (Å²) in [7, 11) is 1.42. The minimum atomic E-state index is -0.258. The fourth-order valence-electron chi connectivity index (χ4n) is 3.87. The second-order valence-electron chi connectivity index (χ2n) is 7.09. The molecule has 1 saturated heterocycles. The number of rotatable bonds is 12. The standard InChI is InChI=1S/C19H32O6/c1-3-4-5-8-14(23-21)11-12-16-15(17-13-18(16)25-24-17)9-6-7-10-19(20)22-2/h11-12,14-18,21H,3-10,13H2,1-2H3/b12-11+/t14-,15+,16-,17+,18-/m1/s1. The summed E-state index contributed by atoms with van der Waals surface area (Å²) in [4.78, 5) is 26.6. The number of unbranched alkanes of at least 4 members (excludes halogenated alkanes) is 3. The van der Waals surface area contributed by atoms with Gasteiger partial charge in [0, 0.05) is 18.8 Å². The summed E-state index contributed by atoms with van der Waals surface area (Å²) >= 11 is 0. The van der Waals surface area contributed by atoms with E-state index in [0.717, 1.165) is 51.4 Å². The average Bonchev–Trinajstić information content (AvgIpc) is 3.23. The van der Waals surface area contributed by atoms with Crippen molar-refractivity contribution in [2.45, 2.75) is 83.0 Å². The molecule has 2 rings (SSSR count). The molecule has 0 unspecified atom stereocenters. The van der Waals surface area contributed by atoms with E-state index in [9.17, 15) is 4.79 Å². The molecule has 2 fully saturated rings. The number of fused-ring (bicyclic) bond motifs is 2. The summed E-state index contributed by atoms with van der Waals surface area (Å²) in [5, 5.41) is 9.09. The Bertz CT molecular complexity index is 424. The normalized spacial score (nSPS) is 29.4. The highest BCUT2D eigenvalue weighted by Gasteiger charge is 2.49. The second kappa shape index (κ2) is 10.9. The highest BCUT2D eigenvalue weighted by molar-refractivity contribution is 5.68. The zero-order chi connectivity index (χ0) is 18.1. The number of hydrogen-bond donors (Lipinski definition) is 1. The highest BCUT2D eigenvalue weighted by atomic mass is 17.2. The molecule has 1 N–H and O–H groups in total. The van der Waals surface area contributed by atoms with Crippen LogP contribution in [-0.2, 0) is 24.2 Å². The molecule has 5 atom stereocenters. The van der Waals surface area contributed by atoms with Gasteiger partial charge in [-0.2, -0.15) is 0 Å². The smallest absolute Gasteiger partial charge is 0.305 e. The summed E-state index contributed by atoms with van der Waals surface area (Å²) < 4.78 is 4.68. The molecule has 1 heterocycles. The van der Waals surface area contributed by atoms with Gasteiger partial charge in [-0.1, -0.05) is 44.8 Å². The number of ether oxygens (including phenoxy) is 1. The van der Waals surface area contributed by atoms with Gasteiger partial charge in [-0.15, -0.1) is 0 Å². The van der Waals surface area contributed by atoms with Gasteiger partial charge >= 0.3 is 5.97 Å². The lowest BCUT2D eigenvalue weighted by molar-refractivity contribution is -0.337. The third kappa shape index (κ3) is 6.06. The van der Waals surface area contributed by atoms with Crippen molar-refractivity contribution in [1.29, 1.82) is 0 Å². The van der Waals surface area contributed by atoms with Crippen LogP contribution in [0, 0.1) is 11.8 Å². The lowest BCUT2D eigenvalue weighted by atomic mass is 9.87. The van der Waals surface area contributed by atoms with Crippen LogP contribution >= 0.6 is 0 Å². The van der Waals surface area contributed by atoms with Gasteiger partial charge in [0.15, 0.2) is 0 Å². The molecule has 0 aromatic rings. The van der Waals surface area contributed by atoms with Crippen LogP contribution < -0.4 is 0 Å². The van der Waals surface area contributed by atoms with E-state index in [4.69, 9.17) is 15.0 Å². The van der Waals surface area contributed by atoms with Gasteiger partial charge in [0.25, 0.3) is 0 Å². The monoisotopic (exact) mass is 356 g/mol. The molecule has 0 amide bonds. The summed E-state index contributed by atoms with van der Waals surface area (Å²) in [6, 6.07) is 0. The molecule has 0 aromatic heterocycles. The topological polar surface area (TPSA) is 74.2 Å². The van der Waals surface area contributed by atoms with Crippen molar-refractivity contribution in [3.63, 3.8) is 0 Å². The van der Waals surface area contributed by atoms with Gasteiger partial charge in [-0.3, -0.25) is 10.1 Å². The summed E-state index contributed by atoms with van der Waals surface area (Å²) in [5.41, 5.74) is 0. The maximum atomic E-state index is 11.2. The molecule has 2 aliphatic rings. The molecule has 25 heavy (non-hydrogen) atoms. The first kappa shape index (κ1) is 20.4. The molecular weight excluding hydrogens is 324 g/mol. The third-order valence-corrected chi connectivity index (χ3v) is 5.34. The van der Waals surface area contributed by atoms with Gasteiger partial charge in [-0.25, -0.2) is 14.7 Å². The van der Waals surface area contributed by atoms with Crippen LogP contribution in [0.5, 0.6) is 0 Å². The Balaban J connectivity index is 1.82. The van der Waals surface area contributed by atoms with Gasteiger partial charge in [-0.05, 0) is 25.2 Å². The summed E-state index contributed by atoms with van der Waals surface area (Å²) in [6.07, 6.45) is 12.4. The Hall–Kier alpha value is -0.950. The van der Waals surface area contributed by atoms with Gasteiger partial charge in [0.2, 0.25) is 0 Å². The first-order chi connectivity index (χ1) is 12.2.